The molecule has 0 saturated heterocycles. The molecule has 0 aliphatic carbocycles. The van der Waals surface area contributed by atoms with E-state index < -0.39 is 0 Å². The number of aryl methyl sites for hydroxylation is 1. The molecule has 1 atom stereocenters. The van der Waals surface area contributed by atoms with Crippen molar-refractivity contribution in [1.82, 2.24) is 19.6 Å². The van der Waals surface area contributed by atoms with E-state index in [4.69, 9.17) is 11.6 Å². The SMILES string of the molecule is CCc1ccc(C(CNC(=O)/C=C/c2c(Cl)nc3sccn23)N(C)C)cc1. The number of thiazole rings is 1. The second kappa shape index (κ2) is 8.69. The topological polar surface area (TPSA) is 49.6 Å². The first kappa shape index (κ1) is 19.6. The largest absolute Gasteiger partial charge is 0.351 e. The van der Waals surface area contributed by atoms with Crippen LogP contribution in [0.1, 0.15) is 29.8 Å². The van der Waals surface area contributed by atoms with Crippen LogP contribution in [-0.4, -0.2) is 40.8 Å². The predicted octanol–water partition coefficient (Wildman–Crippen LogP) is 4.04. The fourth-order valence-electron chi connectivity index (χ4n) is 2.91. The number of benzene rings is 1. The highest BCUT2D eigenvalue weighted by molar-refractivity contribution is 7.15. The third-order valence-corrected chi connectivity index (χ3v) is 5.55. The first-order valence-corrected chi connectivity index (χ1v) is 10.1. The summed E-state index contributed by atoms with van der Waals surface area (Å²) in [6.07, 6.45) is 6.10. The number of nitrogens with zero attached hydrogens (tertiary/aromatic N) is 3. The van der Waals surface area contributed by atoms with Crippen molar-refractivity contribution in [2.24, 2.45) is 0 Å². The molecule has 3 aromatic rings. The van der Waals surface area contributed by atoms with Gasteiger partial charge in [0.2, 0.25) is 5.91 Å². The lowest BCUT2D eigenvalue weighted by atomic mass is 10.0. The van der Waals surface area contributed by atoms with Crippen LogP contribution in [0, 0.1) is 0 Å². The molecule has 3 rings (SSSR count). The van der Waals surface area contributed by atoms with Gasteiger partial charge in [0.15, 0.2) is 10.1 Å². The zero-order valence-corrected chi connectivity index (χ0v) is 17.2. The van der Waals surface area contributed by atoms with E-state index in [-0.39, 0.29) is 11.9 Å². The highest BCUT2D eigenvalue weighted by atomic mass is 35.5. The maximum absolute atomic E-state index is 12.3. The van der Waals surface area contributed by atoms with Crippen LogP contribution in [0.5, 0.6) is 0 Å². The number of fused-ring (bicyclic) bond motifs is 1. The average Bonchev–Trinajstić information content (AvgIpc) is 3.21. The summed E-state index contributed by atoms with van der Waals surface area (Å²) in [4.78, 5) is 19.5. The number of imidazole rings is 1. The molecule has 0 saturated carbocycles. The second-order valence-electron chi connectivity index (χ2n) is 6.50. The van der Waals surface area contributed by atoms with Crippen molar-refractivity contribution < 1.29 is 4.79 Å². The Labute approximate surface area is 168 Å². The first-order valence-electron chi connectivity index (χ1n) is 8.81. The van der Waals surface area contributed by atoms with Crippen molar-refractivity contribution in [3.05, 3.63) is 63.9 Å². The van der Waals surface area contributed by atoms with Crippen molar-refractivity contribution in [2.75, 3.05) is 20.6 Å². The van der Waals surface area contributed by atoms with Crippen LogP contribution < -0.4 is 5.32 Å². The van der Waals surface area contributed by atoms with Gasteiger partial charge in [-0.25, -0.2) is 4.98 Å². The molecule has 0 bridgehead atoms. The third kappa shape index (κ3) is 4.58. The minimum absolute atomic E-state index is 0.107. The van der Waals surface area contributed by atoms with Crippen molar-refractivity contribution in [3.63, 3.8) is 0 Å². The van der Waals surface area contributed by atoms with Crippen LogP contribution in [0.3, 0.4) is 0 Å². The molecule has 2 aromatic heterocycles. The molecule has 0 aliphatic rings. The Kier molecular flexibility index (Phi) is 6.31. The summed E-state index contributed by atoms with van der Waals surface area (Å²) in [5.74, 6) is -0.159. The lowest BCUT2D eigenvalue weighted by molar-refractivity contribution is -0.116. The number of hydrogen-bond donors (Lipinski definition) is 1. The standard InChI is InChI=1S/C20H23ClN4OS/c1-4-14-5-7-15(8-6-14)17(24(2)3)13-22-18(26)10-9-16-19(21)23-20-25(16)11-12-27-20/h5-12,17H,4,13H2,1-3H3,(H,22,26)/b10-9+. The Morgan fingerprint density at radius 2 is 2.11 bits per heavy atom. The summed E-state index contributed by atoms with van der Waals surface area (Å²) in [5, 5.41) is 5.31. The lowest BCUT2D eigenvalue weighted by Crippen LogP contribution is -2.33. The van der Waals surface area contributed by atoms with E-state index in [1.165, 1.54) is 28.5 Å². The predicted molar refractivity (Wildman–Crippen MR) is 112 cm³/mol. The van der Waals surface area contributed by atoms with E-state index in [1.54, 1.807) is 6.08 Å². The maximum atomic E-state index is 12.3. The number of amides is 1. The smallest absolute Gasteiger partial charge is 0.244 e. The lowest BCUT2D eigenvalue weighted by Gasteiger charge is -2.25. The van der Waals surface area contributed by atoms with Crippen LogP contribution in [-0.2, 0) is 11.2 Å². The van der Waals surface area contributed by atoms with E-state index in [2.05, 4.69) is 46.4 Å². The Hall–Kier alpha value is -2.15. The van der Waals surface area contributed by atoms with Gasteiger partial charge in [0.1, 0.15) is 0 Å². The van der Waals surface area contributed by atoms with Gasteiger partial charge in [0.25, 0.3) is 0 Å². The highest BCUT2D eigenvalue weighted by Gasteiger charge is 2.15. The number of halogens is 1. The zero-order chi connectivity index (χ0) is 19.4. The Balaban J connectivity index is 1.65. The molecule has 0 radical (unpaired) electrons. The van der Waals surface area contributed by atoms with Gasteiger partial charge in [-0.3, -0.25) is 9.20 Å². The van der Waals surface area contributed by atoms with Gasteiger partial charge in [-0.05, 0) is 37.7 Å². The third-order valence-electron chi connectivity index (χ3n) is 4.51. The van der Waals surface area contributed by atoms with Crippen LogP contribution in [0.15, 0.2) is 41.9 Å². The molecule has 142 valence electrons. The molecular formula is C20H23ClN4OS. The molecule has 1 unspecified atom stereocenters. The van der Waals surface area contributed by atoms with Gasteiger partial charge in [-0.1, -0.05) is 42.8 Å². The average molecular weight is 403 g/mol. The summed E-state index contributed by atoms with van der Waals surface area (Å²) >= 11 is 7.65. The van der Waals surface area contributed by atoms with Gasteiger partial charge in [-0.2, -0.15) is 0 Å². The van der Waals surface area contributed by atoms with Crippen molar-refractivity contribution in [3.8, 4) is 0 Å². The molecule has 7 heteroatoms. The number of carbonyl (C=O) groups excluding carboxylic acids is 1. The molecule has 1 amide bonds. The van der Waals surface area contributed by atoms with Crippen LogP contribution in [0.25, 0.3) is 11.0 Å². The molecule has 27 heavy (non-hydrogen) atoms. The van der Waals surface area contributed by atoms with E-state index in [0.29, 0.717) is 17.4 Å². The molecule has 1 N–H and O–H groups in total. The normalized spacial score (nSPS) is 12.9. The fourth-order valence-corrected chi connectivity index (χ4v) is 3.92. The molecular weight excluding hydrogens is 380 g/mol. The van der Waals surface area contributed by atoms with Crippen LogP contribution >= 0.6 is 22.9 Å². The summed E-state index contributed by atoms with van der Waals surface area (Å²) in [6.45, 7) is 2.66. The van der Waals surface area contributed by atoms with Gasteiger partial charge >= 0.3 is 0 Å². The number of aromatic nitrogens is 2. The molecule has 0 fully saturated rings. The van der Waals surface area contributed by atoms with Crippen molar-refractivity contribution in [1.29, 1.82) is 0 Å². The Morgan fingerprint density at radius 1 is 1.37 bits per heavy atom. The van der Waals surface area contributed by atoms with Crippen LogP contribution in [0.2, 0.25) is 5.15 Å². The molecule has 0 aliphatic heterocycles. The molecule has 5 nitrogen and oxygen atoms in total. The van der Waals surface area contributed by atoms with Crippen LogP contribution in [0.4, 0.5) is 0 Å². The second-order valence-corrected chi connectivity index (χ2v) is 7.73. The summed E-state index contributed by atoms with van der Waals surface area (Å²) < 4.78 is 1.87. The maximum Gasteiger partial charge on any atom is 0.244 e. The number of carbonyl (C=O) groups is 1. The van der Waals surface area contributed by atoms with E-state index in [1.807, 2.05) is 30.1 Å². The van der Waals surface area contributed by atoms with Gasteiger partial charge in [0, 0.05) is 24.2 Å². The molecule has 0 spiro atoms. The Morgan fingerprint density at radius 3 is 2.78 bits per heavy atom. The number of hydrogen-bond acceptors (Lipinski definition) is 4. The zero-order valence-electron chi connectivity index (χ0n) is 15.6. The summed E-state index contributed by atoms with van der Waals surface area (Å²) in [6, 6.07) is 8.65. The highest BCUT2D eigenvalue weighted by Crippen LogP contribution is 2.22. The number of likely N-dealkylation sites (N-methyl/N-ethyl adjacent to an activating group) is 1. The Bertz CT molecular complexity index is 943. The monoisotopic (exact) mass is 402 g/mol. The molecule has 1 aromatic carbocycles. The fraction of sp³-hybridized carbons (Fsp3) is 0.300. The van der Waals surface area contributed by atoms with E-state index >= 15 is 0 Å². The minimum atomic E-state index is -0.159. The first-order chi connectivity index (χ1) is 13.0. The summed E-state index contributed by atoms with van der Waals surface area (Å²) in [5.41, 5.74) is 3.20. The number of rotatable bonds is 7. The van der Waals surface area contributed by atoms with Crippen molar-refractivity contribution >= 4 is 39.9 Å². The molecule has 2 heterocycles. The van der Waals surface area contributed by atoms with E-state index in [0.717, 1.165) is 11.4 Å². The van der Waals surface area contributed by atoms with Gasteiger partial charge in [-0.15, -0.1) is 11.3 Å². The van der Waals surface area contributed by atoms with Gasteiger partial charge in [0.05, 0.1) is 11.7 Å². The quantitative estimate of drug-likeness (QED) is 0.606. The number of nitrogens with one attached hydrogen (secondary N) is 1. The van der Waals surface area contributed by atoms with Gasteiger partial charge < -0.3 is 10.2 Å². The van der Waals surface area contributed by atoms with Crippen molar-refractivity contribution in [2.45, 2.75) is 19.4 Å². The summed E-state index contributed by atoms with van der Waals surface area (Å²) in [7, 11) is 4.03. The minimum Gasteiger partial charge on any atom is -0.351 e. The van der Waals surface area contributed by atoms with E-state index in [9.17, 15) is 4.79 Å².